The monoisotopic (exact) mass is 441 g/mol. The van der Waals surface area contributed by atoms with Crippen LogP contribution < -0.4 is 5.32 Å². The number of halogens is 1. The third-order valence-corrected chi connectivity index (χ3v) is 6.15. The van der Waals surface area contributed by atoms with Gasteiger partial charge in [0.2, 0.25) is 5.91 Å². The van der Waals surface area contributed by atoms with E-state index in [1.807, 2.05) is 59.3 Å². The van der Waals surface area contributed by atoms with Crippen molar-refractivity contribution in [1.29, 1.82) is 0 Å². The number of carbonyl (C=O) groups is 1. The van der Waals surface area contributed by atoms with Gasteiger partial charge in [-0.25, -0.2) is 4.98 Å². The number of hydrogen-bond acceptors (Lipinski definition) is 6. The summed E-state index contributed by atoms with van der Waals surface area (Å²) in [7, 11) is 0. The zero-order valence-corrected chi connectivity index (χ0v) is 17.7. The fourth-order valence-corrected chi connectivity index (χ4v) is 4.29. The van der Waals surface area contributed by atoms with E-state index in [0.29, 0.717) is 16.0 Å². The predicted molar refractivity (Wildman–Crippen MR) is 118 cm³/mol. The zero-order valence-electron chi connectivity index (χ0n) is 15.3. The summed E-state index contributed by atoms with van der Waals surface area (Å²) in [5.41, 5.74) is 0.940. The summed E-state index contributed by atoms with van der Waals surface area (Å²) < 4.78 is 1.97. The molecule has 4 aromatic rings. The summed E-state index contributed by atoms with van der Waals surface area (Å²) in [6.07, 6.45) is 1.49. The van der Waals surface area contributed by atoms with E-state index in [0.717, 1.165) is 16.4 Å². The number of benzene rings is 1. The van der Waals surface area contributed by atoms with E-state index in [9.17, 15) is 4.79 Å². The van der Waals surface area contributed by atoms with Gasteiger partial charge >= 0.3 is 0 Å². The average Bonchev–Trinajstić information content (AvgIpc) is 3.40. The standard InChI is InChI=1S/C20H16ClN5OS2/c1-13(19(27)23-17-10-9-14(21)12-22-17)29-20-25-24-18(16-8-5-11-28-16)26(20)15-6-3-2-4-7-15/h2-13H,1H3,(H,22,23,27). The maximum absolute atomic E-state index is 12.6. The average molecular weight is 442 g/mol. The second kappa shape index (κ2) is 8.77. The minimum absolute atomic E-state index is 0.176. The Balaban J connectivity index is 1.59. The van der Waals surface area contributed by atoms with E-state index in [1.54, 1.807) is 23.5 Å². The van der Waals surface area contributed by atoms with E-state index in [-0.39, 0.29) is 5.91 Å². The van der Waals surface area contributed by atoms with Crippen molar-refractivity contribution in [2.45, 2.75) is 17.3 Å². The van der Waals surface area contributed by atoms with Crippen LogP contribution in [0.2, 0.25) is 5.02 Å². The van der Waals surface area contributed by atoms with Gasteiger partial charge in [-0.15, -0.1) is 21.5 Å². The number of rotatable bonds is 6. The Hall–Kier alpha value is -2.68. The number of nitrogens with zero attached hydrogens (tertiary/aromatic N) is 4. The van der Waals surface area contributed by atoms with Crippen LogP contribution in [0.25, 0.3) is 16.4 Å². The number of pyridine rings is 1. The fraction of sp³-hybridized carbons (Fsp3) is 0.100. The quantitative estimate of drug-likeness (QED) is 0.418. The van der Waals surface area contributed by atoms with Gasteiger partial charge in [-0.2, -0.15) is 0 Å². The number of para-hydroxylation sites is 1. The molecule has 1 amide bonds. The number of hydrogen-bond donors (Lipinski definition) is 1. The minimum Gasteiger partial charge on any atom is -0.310 e. The van der Waals surface area contributed by atoms with E-state index in [2.05, 4.69) is 20.5 Å². The number of thiophene rings is 1. The molecule has 1 N–H and O–H groups in total. The Morgan fingerprint density at radius 3 is 2.66 bits per heavy atom. The molecule has 0 spiro atoms. The molecule has 0 bridgehead atoms. The van der Waals surface area contributed by atoms with E-state index >= 15 is 0 Å². The van der Waals surface area contributed by atoms with Crippen molar-refractivity contribution in [3.8, 4) is 16.4 Å². The lowest BCUT2D eigenvalue weighted by Gasteiger charge is -2.13. The van der Waals surface area contributed by atoms with Crippen LogP contribution in [0.5, 0.6) is 0 Å². The van der Waals surface area contributed by atoms with Crippen molar-refractivity contribution < 1.29 is 4.79 Å². The molecule has 0 fully saturated rings. The molecular weight excluding hydrogens is 426 g/mol. The molecule has 9 heteroatoms. The molecule has 0 saturated heterocycles. The second-order valence-corrected chi connectivity index (χ2v) is 8.76. The highest BCUT2D eigenvalue weighted by atomic mass is 35.5. The SMILES string of the molecule is CC(Sc1nnc(-c2cccs2)n1-c1ccccc1)C(=O)Nc1ccc(Cl)cn1. The summed E-state index contributed by atoms with van der Waals surface area (Å²) >= 11 is 8.78. The van der Waals surface area contributed by atoms with Crippen LogP contribution >= 0.6 is 34.7 Å². The minimum atomic E-state index is -0.407. The molecule has 1 unspecified atom stereocenters. The summed E-state index contributed by atoms with van der Waals surface area (Å²) in [4.78, 5) is 17.7. The van der Waals surface area contributed by atoms with Gasteiger partial charge in [0.15, 0.2) is 11.0 Å². The van der Waals surface area contributed by atoms with Crippen LogP contribution in [0.3, 0.4) is 0 Å². The van der Waals surface area contributed by atoms with E-state index < -0.39 is 5.25 Å². The lowest BCUT2D eigenvalue weighted by atomic mass is 10.3. The molecule has 0 aliphatic rings. The Morgan fingerprint density at radius 1 is 1.14 bits per heavy atom. The van der Waals surface area contributed by atoms with E-state index in [4.69, 9.17) is 11.6 Å². The third kappa shape index (κ3) is 4.50. The van der Waals surface area contributed by atoms with Crippen molar-refractivity contribution >= 4 is 46.4 Å². The molecule has 1 aromatic carbocycles. The smallest absolute Gasteiger partial charge is 0.238 e. The number of amides is 1. The van der Waals surface area contributed by atoms with Gasteiger partial charge in [0, 0.05) is 11.9 Å². The van der Waals surface area contributed by atoms with Crippen LogP contribution in [0.1, 0.15) is 6.92 Å². The second-order valence-electron chi connectivity index (χ2n) is 6.07. The van der Waals surface area contributed by atoms with Crippen LogP contribution in [0, 0.1) is 0 Å². The predicted octanol–water partition coefficient (Wildman–Crippen LogP) is 5.16. The fourth-order valence-electron chi connectivity index (χ4n) is 2.61. The Morgan fingerprint density at radius 2 is 1.97 bits per heavy atom. The molecule has 0 aliphatic carbocycles. The maximum atomic E-state index is 12.6. The molecule has 6 nitrogen and oxygen atoms in total. The van der Waals surface area contributed by atoms with Crippen molar-refractivity contribution in [1.82, 2.24) is 19.7 Å². The van der Waals surface area contributed by atoms with E-state index in [1.165, 1.54) is 18.0 Å². The van der Waals surface area contributed by atoms with Gasteiger partial charge < -0.3 is 5.32 Å². The van der Waals surface area contributed by atoms with Gasteiger partial charge in [0.1, 0.15) is 5.82 Å². The van der Waals surface area contributed by atoms with Crippen LogP contribution in [-0.4, -0.2) is 30.9 Å². The molecule has 0 radical (unpaired) electrons. The van der Waals surface area contributed by atoms with Crippen LogP contribution in [0.15, 0.2) is 71.3 Å². The van der Waals surface area contributed by atoms with Gasteiger partial charge in [0.25, 0.3) is 0 Å². The Labute approximate surface area is 181 Å². The van der Waals surface area contributed by atoms with Gasteiger partial charge in [0.05, 0.1) is 15.1 Å². The molecule has 3 heterocycles. The normalized spacial score (nSPS) is 11.9. The lowest BCUT2D eigenvalue weighted by Crippen LogP contribution is -2.23. The lowest BCUT2D eigenvalue weighted by molar-refractivity contribution is -0.115. The van der Waals surface area contributed by atoms with Crippen molar-refractivity contribution in [2.24, 2.45) is 0 Å². The first kappa shape index (κ1) is 19.6. The molecule has 3 aromatic heterocycles. The summed E-state index contributed by atoms with van der Waals surface area (Å²) in [5, 5.41) is 14.3. The largest absolute Gasteiger partial charge is 0.310 e. The summed E-state index contributed by atoms with van der Waals surface area (Å²) in [5.74, 6) is 1.03. The van der Waals surface area contributed by atoms with Crippen molar-refractivity contribution in [3.63, 3.8) is 0 Å². The third-order valence-electron chi connectivity index (χ3n) is 4.02. The number of carbonyl (C=O) groups excluding carboxylic acids is 1. The van der Waals surface area contributed by atoms with Gasteiger partial charge in [-0.1, -0.05) is 47.6 Å². The molecule has 1 atom stereocenters. The van der Waals surface area contributed by atoms with Gasteiger partial charge in [-0.3, -0.25) is 9.36 Å². The highest BCUT2D eigenvalue weighted by molar-refractivity contribution is 8.00. The Bertz CT molecular complexity index is 1100. The number of aromatic nitrogens is 4. The Kier molecular flexibility index (Phi) is 5.94. The highest BCUT2D eigenvalue weighted by Crippen LogP contribution is 2.32. The number of nitrogens with one attached hydrogen (secondary N) is 1. The van der Waals surface area contributed by atoms with Gasteiger partial charge in [-0.05, 0) is 42.6 Å². The first-order valence-electron chi connectivity index (χ1n) is 8.75. The first-order chi connectivity index (χ1) is 14.1. The van der Waals surface area contributed by atoms with Crippen molar-refractivity contribution in [2.75, 3.05) is 5.32 Å². The topological polar surface area (TPSA) is 72.7 Å². The first-order valence-corrected chi connectivity index (χ1v) is 10.9. The van der Waals surface area contributed by atoms with Crippen molar-refractivity contribution in [3.05, 3.63) is 71.2 Å². The maximum Gasteiger partial charge on any atom is 0.238 e. The number of thioether (sulfide) groups is 1. The molecule has 4 rings (SSSR count). The molecule has 29 heavy (non-hydrogen) atoms. The van der Waals surface area contributed by atoms with Crippen LogP contribution in [-0.2, 0) is 4.79 Å². The molecular formula is C20H16ClN5OS2. The van der Waals surface area contributed by atoms with Crippen LogP contribution in [0.4, 0.5) is 5.82 Å². The number of anilines is 1. The molecule has 146 valence electrons. The summed E-state index contributed by atoms with van der Waals surface area (Å²) in [6.45, 7) is 1.82. The molecule has 0 aliphatic heterocycles. The molecule has 0 saturated carbocycles. The zero-order chi connectivity index (χ0) is 20.2. The highest BCUT2D eigenvalue weighted by Gasteiger charge is 2.22. The summed E-state index contributed by atoms with van der Waals surface area (Å²) in [6, 6.07) is 17.2.